The number of methoxy groups -OCH3 is 2. The van der Waals surface area contributed by atoms with Gasteiger partial charge >= 0.3 is 0 Å². The highest BCUT2D eigenvalue weighted by Gasteiger charge is 2.26. The zero-order chi connectivity index (χ0) is 26.9. The number of amides is 2. The summed E-state index contributed by atoms with van der Waals surface area (Å²) < 4.78 is 10.8. The summed E-state index contributed by atoms with van der Waals surface area (Å²) in [4.78, 5) is 31.6. The van der Waals surface area contributed by atoms with E-state index in [-0.39, 0.29) is 24.4 Å². The molecule has 0 aliphatic rings. The first-order valence-corrected chi connectivity index (χ1v) is 13.7. The van der Waals surface area contributed by atoms with Crippen LogP contribution in [0.15, 0.2) is 53.9 Å². The van der Waals surface area contributed by atoms with Gasteiger partial charge in [0, 0.05) is 23.0 Å². The smallest absolute Gasteiger partial charge is 0.254 e. The standard InChI is InChI=1S/C28H32Cl2N2O4S/c1-5-19(2)32(28(34)21-9-10-23(29)24(30)16-21)18-27(33)31(17-22-7-6-14-37-22)13-12-20-8-11-25(35-3)26(15-20)36-4/h6-11,14-16,19H,5,12-13,17-18H2,1-4H3. The van der Waals surface area contributed by atoms with Crippen molar-refractivity contribution in [3.8, 4) is 11.5 Å². The first kappa shape index (κ1) is 28.8. The number of ether oxygens (including phenoxy) is 2. The molecule has 0 saturated heterocycles. The lowest BCUT2D eigenvalue weighted by Crippen LogP contribution is -2.46. The van der Waals surface area contributed by atoms with Crippen molar-refractivity contribution >= 4 is 46.4 Å². The second-order valence-corrected chi connectivity index (χ2v) is 10.5. The fourth-order valence-electron chi connectivity index (χ4n) is 3.87. The van der Waals surface area contributed by atoms with Crippen LogP contribution >= 0.6 is 34.5 Å². The van der Waals surface area contributed by atoms with E-state index in [1.165, 1.54) is 0 Å². The highest BCUT2D eigenvalue weighted by atomic mass is 35.5. The van der Waals surface area contributed by atoms with Gasteiger partial charge in [-0.25, -0.2) is 0 Å². The Morgan fingerprint density at radius 1 is 1.00 bits per heavy atom. The molecule has 1 aromatic heterocycles. The largest absolute Gasteiger partial charge is 0.493 e. The Hall–Kier alpha value is -2.74. The minimum atomic E-state index is -0.253. The van der Waals surface area contributed by atoms with E-state index in [0.29, 0.717) is 53.0 Å². The van der Waals surface area contributed by atoms with Gasteiger partial charge in [0.1, 0.15) is 6.54 Å². The first-order chi connectivity index (χ1) is 17.8. The van der Waals surface area contributed by atoms with Gasteiger partial charge in [0.15, 0.2) is 11.5 Å². The quantitative estimate of drug-likeness (QED) is 0.250. The second-order valence-electron chi connectivity index (χ2n) is 8.65. The summed E-state index contributed by atoms with van der Waals surface area (Å²) in [5, 5.41) is 2.67. The van der Waals surface area contributed by atoms with Crippen LogP contribution in [0.5, 0.6) is 11.5 Å². The summed E-state index contributed by atoms with van der Waals surface area (Å²) in [6.07, 6.45) is 1.33. The summed E-state index contributed by atoms with van der Waals surface area (Å²) in [7, 11) is 3.20. The Kier molecular flexibility index (Phi) is 10.7. The van der Waals surface area contributed by atoms with Crippen LogP contribution in [0.3, 0.4) is 0 Å². The van der Waals surface area contributed by atoms with Crippen LogP contribution < -0.4 is 9.47 Å². The van der Waals surface area contributed by atoms with Gasteiger partial charge in [0.2, 0.25) is 5.91 Å². The fourth-order valence-corrected chi connectivity index (χ4v) is 4.89. The summed E-state index contributed by atoms with van der Waals surface area (Å²) in [6, 6.07) is 14.4. The molecule has 2 amide bonds. The van der Waals surface area contributed by atoms with Gasteiger partial charge < -0.3 is 19.3 Å². The lowest BCUT2D eigenvalue weighted by atomic mass is 10.1. The predicted molar refractivity (Wildman–Crippen MR) is 150 cm³/mol. The molecule has 0 bridgehead atoms. The average Bonchev–Trinajstić information content (AvgIpc) is 3.43. The van der Waals surface area contributed by atoms with Crippen molar-refractivity contribution in [1.29, 1.82) is 0 Å². The van der Waals surface area contributed by atoms with E-state index in [1.54, 1.807) is 53.6 Å². The molecule has 0 saturated carbocycles. The minimum absolute atomic E-state index is 0.0363. The first-order valence-electron chi connectivity index (χ1n) is 12.0. The van der Waals surface area contributed by atoms with Crippen LogP contribution in [0.25, 0.3) is 0 Å². The van der Waals surface area contributed by atoms with Crippen molar-refractivity contribution in [2.75, 3.05) is 27.3 Å². The van der Waals surface area contributed by atoms with Crippen molar-refractivity contribution in [2.45, 2.75) is 39.3 Å². The van der Waals surface area contributed by atoms with Crippen molar-refractivity contribution in [1.82, 2.24) is 9.80 Å². The highest BCUT2D eigenvalue weighted by Crippen LogP contribution is 2.28. The third kappa shape index (κ3) is 7.63. The molecule has 0 N–H and O–H groups in total. The molecule has 1 atom stereocenters. The lowest BCUT2D eigenvalue weighted by molar-refractivity contribution is -0.132. The van der Waals surface area contributed by atoms with E-state index >= 15 is 0 Å². The van der Waals surface area contributed by atoms with Gasteiger partial charge in [-0.05, 0) is 67.1 Å². The Labute approximate surface area is 232 Å². The lowest BCUT2D eigenvalue weighted by Gasteiger charge is -2.31. The Bertz CT molecular complexity index is 1200. The maximum absolute atomic E-state index is 13.6. The number of carbonyl (C=O) groups excluding carboxylic acids is 2. The van der Waals surface area contributed by atoms with Gasteiger partial charge in [-0.2, -0.15) is 0 Å². The van der Waals surface area contributed by atoms with Crippen LogP contribution in [-0.2, 0) is 17.8 Å². The van der Waals surface area contributed by atoms with Gasteiger partial charge in [-0.15, -0.1) is 11.3 Å². The molecule has 1 unspecified atom stereocenters. The predicted octanol–water partition coefficient (Wildman–Crippen LogP) is 6.58. The number of hydrogen-bond donors (Lipinski definition) is 0. The highest BCUT2D eigenvalue weighted by molar-refractivity contribution is 7.09. The zero-order valence-electron chi connectivity index (χ0n) is 21.5. The number of thiophene rings is 1. The Morgan fingerprint density at radius 2 is 1.76 bits per heavy atom. The molecule has 9 heteroatoms. The van der Waals surface area contributed by atoms with E-state index < -0.39 is 0 Å². The maximum atomic E-state index is 13.6. The van der Waals surface area contributed by atoms with Crippen molar-refractivity contribution in [3.63, 3.8) is 0 Å². The van der Waals surface area contributed by atoms with Gasteiger partial charge in [-0.1, -0.05) is 42.3 Å². The molecule has 0 spiro atoms. The summed E-state index contributed by atoms with van der Waals surface area (Å²) in [6.45, 7) is 4.85. The molecular formula is C28H32Cl2N2O4S. The summed E-state index contributed by atoms with van der Waals surface area (Å²) in [5.74, 6) is 0.925. The van der Waals surface area contributed by atoms with Crippen molar-refractivity contribution < 1.29 is 19.1 Å². The number of carbonyl (C=O) groups is 2. The molecule has 0 radical (unpaired) electrons. The molecule has 0 fully saturated rings. The van der Waals surface area contributed by atoms with E-state index in [4.69, 9.17) is 32.7 Å². The summed E-state index contributed by atoms with van der Waals surface area (Å²) in [5.41, 5.74) is 1.42. The van der Waals surface area contributed by atoms with Gasteiger partial charge in [-0.3, -0.25) is 9.59 Å². The topological polar surface area (TPSA) is 59.1 Å². The molecule has 6 nitrogen and oxygen atoms in total. The zero-order valence-corrected chi connectivity index (χ0v) is 23.8. The molecule has 198 valence electrons. The van der Waals surface area contributed by atoms with E-state index in [2.05, 4.69) is 0 Å². The van der Waals surface area contributed by atoms with Crippen LogP contribution in [0.1, 0.15) is 41.1 Å². The Balaban J connectivity index is 1.81. The van der Waals surface area contributed by atoms with Gasteiger partial charge in [0.05, 0.1) is 30.8 Å². The van der Waals surface area contributed by atoms with Gasteiger partial charge in [0.25, 0.3) is 5.91 Å². The average molecular weight is 564 g/mol. The van der Waals surface area contributed by atoms with Crippen molar-refractivity contribution in [2.24, 2.45) is 0 Å². The van der Waals surface area contributed by atoms with Crippen molar-refractivity contribution in [3.05, 3.63) is 80.0 Å². The summed E-state index contributed by atoms with van der Waals surface area (Å²) >= 11 is 13.8. The van der Waals surface area contributed by atoms with Crippen LogP contribution in [0, 0.1) is 0 Å². The third-order valence-electron chi connectivity index (χ3n) is 6.25. The van der Waals surface area contributed by atoms with E-state index in [9.17, 15) is 9.59 Å². The third-order valence-corrected chi connectivity index (χ3v) is 7.85. The number of hydrogen-bond acceptors (Lipinski definition) is 5. The molecule has 2 aromatic carbocycles. The minimum Gasteiger partial charge on any atom is -0.493 e. The number of rotatable bonds is 12. The molecule has 0 aliphatic carbocycles. The monoisotopic (exact) mass is 562 g/mol. The number of benzene rings is 2. The van der Waals surface area contributed by atoms with Crippen LogP contribution in [0.2, 0.25) is 10.0 Å². The fraction of sp³-hybridized carbons (Fsp3) is 0.357. The molecule has 3 aromatic rings. The molecular weight excluding hydrogens is 531 g/mol. The molecule has 3 rings (SSSR count). The maximum Gasteiger partial charge on any atom is 0.254 e. The SMILES string of the molecule is CCC(C)N(CC(=O)N(CCc1ccc(OC)c(OC)c1)Cc1cccs1)C(=O)c1ccc(Cl)c(Cl)c1. The molecule has 1 heterocycles. The van der Waals surface area contributed by atoms with Crippen LogP contribution in [0.4, 0.5) is 0 Å². The normalized spacial score (nSPS) is 11.6. The molecule has 37 heavy (non-hydrogen) atoms. The number of halogens is 2. The Morgan fingerprint density at radius 3 is 2.38 bits per heavy atom. The second kappa shape index (κ2) is 13.7. The molecule has 0 aliphatic heterocycles. The number of nitrogens with zero attached hydrogens (tertiary/aromatic N) is 2. The van der Waals surface area contributed by atoms with Crippen LogP contribution in [-0.4, -0.2) is 55.0 Å². The van der Waals surface area contributed by atoms with E-state index in [1.807, 2.05) is 49.6 Å². The van der Waals surface area contributed by atoms with E-state index in [0.717, 1.165) is 10.4 Å².